The van der Waals surface area contributed by atoms with E-state index in [0.29, 0.717) is 90.0 Å². The molecule has 0 saturated carbocycles. The maximum absolute atomic E-state index is 14.3. The number of carbonyl (C=O) groups is 3. The fourth-order valence-corrected chi connectivity index (χ4v) is 8.86. The predicted octanol–water partition coefficient (Wildman–Crippen LogP) is 8.78. The SMILES string of the molecule is CCCCCCCCCCCCCCCC(=O)NCCOCCOCCOCCOCCC(=O)N[C@@H](COC(c1ccccc1)(c1ccc(OC)cc1)c1ccc(OC)cc1)C(=O)N1CCC(CO)CC1. The normalized spacial score (nSPS) is 13.5. The number of methoxy groups -OCH3 is 2. The summed E-state index contributed by atoms with van der Waals surface area (Å²) in [5.41, 5.74) is 1.24. The van der Waals surface area contributed by atoms with Gasteiger partial charge in [0.25, 0.3) is 0 Å². The molecule has 0 spiro atoms. The Morgan fingerprint density at radius 1 is 0.592 bits per heavy atom. The van der Waals surface area contributed by atoms with Gasteiger partial charge in [-0.2, -0.15) is 0 Å². The highest BCUT2D eigenvalue weighted by Crippen LogP contribution is 2.42. The first-order valence-corrected chi connectivity index (χ1v) is 26.6. The fourth-order valence-electron chi connectivity index (χ4n) is 8.86. The van der Waals surface area contributed by atoms with Crippen molar-refractivity contribution in [3.8, 4) is 11.5 Å². The number of hydrogen-bond acceptors (Lipinski definition) is 11. The van der Waals surface area contributed by atoms with Crippen LogP contribution in [0.25, 0.3) is 0 Å². The van der Waals surface area contributed by atoms with Crippen molar-refractivity contribution in [2.75, 3.05) is 99.9 Å². The second-order valence-electron chi connectivity index (χ2n) is 18.4. The number of carbonyl (C=O) groups excluding carboxylic acids is 3. The molecule has 14 nitrogen and oxygen atoms in total. The zero-order valence-electron chi connectivity index (χ0n) is 43.4. The second-order valence-corrected chi connectivity index (χ2v) is 18.4. The molecule has 1 heterocycles. The van der Waals surface area contributed by atoms with E-state index in [-0.39, 0.29) is 56.5 Å². The molecule has 3 aromatic carbocycles. The zero-order valence-corrected chi connectivity index (χ0v) is 43.4. The lowest BCUT2D eigenvalue weighted by atomic mass is 9.80. The van der Waals surface area contributed by atoms with Crippen LogP contribution >= 0.6 is 0 Å². The van der Waals surface area contributed by atoms with Gasteiger partial charge in [0.1, 0.15) is 23.1 Å². The Morgan fingerprint density at radius 3 is 1.55 bits per heavy atom. The van der Waals surface area contributed by atoms with Gasteiger partial charge in [-0.3, -0.25) is 14.4 Å². The molecular formula is C57H87N3O11. The molecule has 71 heavy (non-hydrogen) atoms. The van der Waals surface area contributed by atoms with Gasteiger partial charge >= 0.3 is 0 Å². The number of amides is 3. The van der Waals surface area contributed by atoms with E-state index in [9.17, 15) is 19.5 Å². The molecule has 1 aliphatic rings. The number of nitrogens with one attached hydrogen (secondary N) is 2. The van der Waals surface area contributed by atoms with Crippen molar-refractivity contribution in [2.45, 2.75) is 128 Å². The van der Waals surface area contributed by atoms with E-state index in [4.69, 9.17) is 33.2 Å². The lowest BCUT2D eigenvalue weighted by molar-refractivity contribution is -0.141. The molecule has 3 aromatic rings. The largest absolute Gasteiger partial charge is 0.497 e. The van der Waals surface area contributed by atoms with E-state index in [1.165, 1.54) is 70.6 Å². The summed E-state index contributed by atoms with van der Waals surface area (Å²) in [6, 6.07) is 24.1. The van der Waals surface area contributed by atoms with E-state index >= 15 is 0 Å². The van der Waals surface area contributed by atoms with E-state index < -0.39 is 11.6 Å². The highest BCUT2D eigenvalue weighted by molar-refractivity contribution is 5.88. The first-order valence-electron chi connectivity index (χ1n) is 26.6. The molecule has 1 fully saturated rings. The average molecular weight is 990 g/mol. The van der Waals surface area contributed by atoms with Gasteiger partial charge in [-0.05, 0) is 66.1 Å². The summed E-state index contributed by atoms with van der Waals surface area (Å²) in [6.07, 6.45) is 18.7. The molecule has 0 bridgehead atoms. The summed E-state index contributed by atoms with van der Waals surface area (Å²) in [5.74, 6) is 0.991. The van der Waals surface area contributed by atoms with E-state index in [1.807, 2.05) is 78.9 Å². The lowest BCUT2D eigenvalue weighted by Gasteiger charge is -2.38. The number of aliphatic hydroxyl groups is 1. The molecule has 0 aliphatic carbocycles. The van der Waals surface area contributed by atoms with Crippen LogP contribution in [0.15, 0.2) is 78.9 Å². The highest BCUT2D eigenvalue weighted by Gasteiger charge is 2.40. The Hall–Kier alpha value is -4.57. The van der Waals surface area contributed by atoms with Gasteiger partial charge in [0, 0.05) is 39.1 Å². The smallest absolute Gasteiger partial charge is 0.247 e. The van der Waals surface area contributed by atoms with Gasteiger partial charge in [0.15, 0.2) is 0 Å². The van der Waals surface area contributed by atoms with Crippen molar-refractivity contribution in [3.05, 3.63) is 95.6 Å². The van der Waals surface area contributed by atoms with Crippen molar-refractivity contribution < 1.29 is 52.6 Å². The molecule has 1 saturated heterocycles. The lowest BCUT2D eigenvalue weighted by Crippen LogP contribution is -2.54. The quantitative estimate of drug-likeness (QED) is 0.0369. The van der Waals surface area contributed by atoms with E-state index in [1.54, 1.807) is 19.1 Å². The zero-order chi connectivity index (χ0) is 50.6. The van der Waals surface area contributed by atoms with Crippen molar-refractivity contribution >= 4 is 17.7 Å². The first kappa shape index (κ1) is 59.0. The van der Waals surface area contributed by atoms with Crippen LogP contribution in [0.1, 0.15) is 133 Å². The Labute approximate surface area is 425 Å². The van der Waals surface area contributed by atoms with Gasteiger partial charge in [0.2, 0.25) is 17.7 Å². The third kappa shape index (κ3) is 22.4. The Bertz CT molecular complexity index is 1790. The van der Waals surface area contributed by atoms with Gasteiger partial charge in [-0.25, -0.2) is 0 Å². The van der Waals surface area contributed by atoms with Crippen LogP contribution in [0.3, 0.4) is 0 Å². The molecule has 1 aliphatic heterocycles. The molecule has 0 radical (unpaired) electrons. The highest BCUT2D eigenvalue weighted by atomic mass is 16.6. The number of unbranched alkanes of at least 4 members (excludes halogenated alkanes) is 12. The van der Waals surface area contributed by atoms with Crippen molar-refractivity contribution in [1.82, 2.24) is 15.5 Å². The summed E-state index contributed by atoms with van der Waals surface area (Å²) in [4.78, 5) is 41.7. The monoisotopic (exact) mass is 990 g/mol. The second kappa shape index (κ2) is 36.4. The van der Waals surface area contributed by atoms with Crippen molar-refractivity contribution in [2.24, 2.45) is 5.92 Å². The Morgan fingerprint density at radius 2 is 1.06 bits per heavy atom. The molecule has 14 heteroatoms. The summed E-state index contributed by atoms with van der Waals surface area (Å²) in [7, 11) is 3.23. The van der Waals surface area contributed by atoms with Crippen LogP contribution in [-0.4, -0.2) is 134 Å². The molecule has 3 amide bonds. The summed E-state index contributed by atoms with van der Waals surface area (Å²) in [6.45, 7) is 6.47. The van der Waals surface area contributed by atoms with Crippen molar-refractivity contribution in [3.63, 3.8) is 0 Å². The van der Waals surface area contributed by atoms with E-state index in [0.717, 1.165) is 29.5 Å². The summed E-state index contributed by atoms with van der Waals surface area (Å²) < 4.78 is 40.6. The Kier molecular flexibility index (Phi) is 30.2. The predicted molar refractivity (Wildman–Crippen MR) is 278 cm³/mol. The van der Waals surface area contributed by atoms with Crippen LogP contribution in [0.2, 0.25) is 0 Å². The van der Waals surface area contributed by atoms with Crippen LogP contribution in [0.4, 0.5) is 0 Å². The van der Waals surface area contributed by atoms with Crippen molar-refractivity contribution in [1.29, 1.82) is 0 Å². The van der Waals surface area contributed by atoms with Gasteiger partial charge in [0.05, 0.1) is 73.7 Å². The average Bonchev–Trinajstić information content (AvgIpc) is 3.41. The third-order valence-corrected chi connectivity index (χ3v) is 13.1. The number of piperidine rings is 1. The van der Waals surface area contributed by atoms with Crippen LogP contribution in [0, 0.1) is 5.92 Å². The van der Waals surface area contributed by atoms with Crippen LogP contribution in [0.5, 0.6) is 11.5 Å². The molecule has 3 N–H and O–H groups in total. The molecule has 0 unspecified atom stereocenters. The number of benzene rings is 3. The standard InChI is InChI=1S/C57H87N3O11/c1-4-5-6-7-8-9-10-11-12-13-14-15-19-22-54(62)58-34-38-68-40-42-70-44-43-69-41-39-67-37-33-55(63)59-53(56(64)60-35-31-47(45-61)32-36-60)46-71-57(48-20-17-16-18-21-48,49-23-27-51(65-2)28-24-49)50-25-29-52(66-3)30-26-50/h16-18,20-21,23-30,47,53,61H,4-15,19,22,31-46H2,1-3H3,(H,58,62)(H,59,63)/t53-/m0/s1. The minimum absolute atomic E-state index is 0.0312. The minimum Gasteiger partial charge on any atom is -0.497 e. The first-order chi connectivity index (χ1) is 34.8. The number of ether oxygens (including phenoxy) is 7. The topological polar surface area (TPSA) is 163 Å². The van der Waals surface area contributed by atoms with Crippen LogP contribution < -0.4 is 20.1 Å². The van der Waals surface area contributed by atoms with Gasteiger partial charge < -0.3 is 53.8 Å². The maximum Gasteiger partial charge on any atom is 0.247 e. The van der Waals surface area contributed by atoms with Gasteiger partial charge in [-0.15, -0.1) is 0 Å². The summed E-state index contributed by atoms with van der Waals surface area (Å²) in [5, 5.41) is 15.7. The summed E-state index contributed by atoms with van der Waals surface area (Å²) >= 11 is 0. The van der Waals surface area contributed by atoms with Gasteiger partial charge in [-0.1, -0.05) is 139 Å². The van der Waals surface area contributed by atoms with E-state index in [2.05, 4.69) is 17.6 Å². The number of hydrogen-bond donors (Lipinski definition) is 3. The number of rotatable bonds is 40. The minimum atomic E-state index is -1.19. The molecule has 0 aromatic heterocycles. The fraction of sp³-hybridized carbons (Fsp3) is 0.632. The molecule has 396 valence electrons. The molecule has 1 atom stereocenters. The molecular weight excluding hydrogens is 903 g/mol. The molecule has 4 rings (SSSR count). The number of aliphatic hydroxyl groups excluding tert-OH is 1. The van der Waals surface area contributed by atoms with Crippen LogP contribution in [-0.2, 0) is 43.7 Å². The third-order valence-electron chi connectivity index (χ3n) is 13.1. The number of likely N-dealkylation sites (tertiary alicyclic amines) is 1. The maximum atomic E-state index is 14.3. The number of nitrogens with zero attached hydrogens (tertiary/aromatic N) is 1. The Balaban J connectivity index is 1.13.